The number of aliphatic hydroxyl groups is 1. The summed E-state index contributed by atoms with van der Waals surface area (Å²) in [7, 11) is 0. The standard InChI is InChI=1S/C8H7BrClF2NO/c9-2-4-1-6(8(11)12)13-7(10)5(4)3-14/h1,8,14H,2-3H2. The van der Waals surface area contributed by atoms with Gasteiger partial charge in [-0.05, 0) is 11.6 Å². The SMILES string of the molecule is OCc1c(CBr)cc(C(F)F)nc1Cl. The Labute approximate surface area is 93.0 Å². The Kier molecular flexibility index (Phi) is 4.22. The van der Waals surface area contributed by atoms with Gasteiger partial charge in [0.1, 0.15) is 10.8 Å². The molecule has 1 heterocycles. The van der Waals surface area contributed by atoms with Gasteiger partial charge in [0.15, 0.2) is 0 Å². The van der Waals surface area contributed by atoms with E-state index in [-0.39, 0.29) is 17.5 Å². The van der Waals surface area contributed by atoms with Crippen LogP contribution in [0.25, 0.3) is 0 Å². The summed E-state index contributed by atoms with van der Waals surface area (Å²) < 4.78 is 24.6. The molecule has 1 rings (SSSR count). The first-order valence-electron chi connectivity index (χ1n) is 3.73. The van der Waals surface area contributed by atoms with Crippen LogP contribution in [0.3, 0.4) is 0 Å². The van der Waals surface area contributed by atoms with Crippen LogP contribution in [0.1, 0.15) is 23.2 Å². The number of hydrogen-bond acceptors (Lipinski definition) is 2. The van der Waals surface area contributed by atoms with Crippen molar-refractivity contribution in [3.63, 3.8) is 0 Å². The average Bonchev–Trinajstić information content (AvgIpc) is 2.16. The molecule has 0 unspecified atom stereocenters. The lowest BCUT2D eigenvalue weighted by molar-refractivity contribution is 0.146. The van der Waals surface area contributed by atoms with E-state index in [4.69, 9.17) is 16.7 Å². The van der Waals surface area contributed by atoms with Gasteiger partial charge in [-0.1, -0.05) is 27.5 Å². The van der Waals surface area contributed by atoms with Gasteiger partial charge >= 0.3 is 0 Å². The largest absolute Gasteiger partial charge is 0.392 e. The molecule has 0 aromatic carbocycles. The highest BCUT2D eigenvalue weighted by Gasteiger charge is 2.15. The zero-order valence-electron chi connectivity index (χ0n) is 6.98. The highest BCUT2D eigenvalue weighted by atomic mass is 79.9. The third-order valence-corrected chi connectivity index (χ3v) is 2.63. The van der Waals surface area contributed by atoms with E-state index in [2.05, 4.69) is 20.9 Å². The zero-order chi connectivity index (χ0) is 10.7. The molecule has 0 bridgehead atoms. The van der Waals surface area contributed by atoms with Crippen LogP contribution in [0, 0.1) is 0 Å². The molecule has 1 N–H and O–H groups in total. The molecule has 0 atom stereocenters. The van der Waals surface area contributed by atoms with Gasteiger partial charge in [0.25, 0.3) is 6.43 Å². The minimum atomic E-state index is -2.65. The summed E-state index contributed by atoms with van der Waals surface area (Å²) in [6.45, 7) is -0.309. The second-order valence-electron chi connectivity index (χ2n) is 2.57. The predicted octanol–water partition coefficient (Wildman–Crippen LogP) is 3.06. The molecule has 0 spiro atoms. The van der Waals surface area contributed by atoms with Crippen molar-refractivity contribution < 1.29 is 13.9 Å². The average molecular weight is 287 g/mol. The molecule has 0 fully saturated rings. The molecule has 0 radical (unpaired) electrons. The number of hydrogen-bond donors (Lipinski definition) is 1. The number of rotatable bonds is 3. The van der Waals surface area contributed by atoms with E-state index in [9.17, 15) is 8.78 Å². The number of alkyl halides is 3. The van der Waals surface area contributed by atoms with Crippen molar-refractivity contribution in [2.75, 3.05) is 0 Å². The molecule has 78 valence electrons. The molecule has 0 amide bonds. The van der Waals surface area contributed by atoms with Crippen LogP contribution >= 0.6 is 27.5 Å². The number of nitrogens with zero attached hydrogens (tertiary/aromatic N) is 1. The third kappa shape index (κ3) is 2.40. The first-order chi connectivity index (χ1) is 6.60. The Morgan fingerprint density at radius 2 is 2.21 bits per heavy atom. The van der Waals surface area contributed by atoms with E-state index in [1.165, 1.54) is 6.07 Å². The lowest BCUT2D eigenvalue weighted by atomic mass is 10.1. The number of aliphatic hydroxyl groups excluding tert-OH is 1. The molecule has 0 aliphatic rings. The fraction of sp³-hybridized carbons (Fsp3) is 0.375. The van der Waals surface area contributed by atoms with E-state index in [1.54, 1.807) is 0 Å². The summed E-state index contributed by atoms with van der Waals surface area (Å²) in [6.07, 6.45) is -2.65. The highest BCUT2D eigenvalue weighted by molar-refractivity contribution is 9.08. The summed E-state index contributed by atoms with van der Waals surface area (Å²) in [5, 5.41) is 9.21. The molecule has 0 saturated carbocycles. The third-order valence-electron chi connectivity index (χ3n) is 1.71. The Morgan fingerprint density at radius 3 is 2.64 bits per heavy atom. The fourth-order valence-corrected chi connectivity index (χ4v) is 1.79. The lowest BCUT2D eigenvalue weighted by Gasteiger charge is -2.08. The quantitative estimate of drug-likeness (QED) is 0.684. The Hall–Kier alpha value is -0.260. The highest BCUT2D eigenvalue weighted by Crippen LogP contribution is 2.26. The fourth-order valence-electron chi connectivity index (χ4n) is 1.01. The molecule has 1 aromatic heterocycles. The minimum Gasteiger partial charge on any atom is -0.392 e. The van der Waals surface area contributed by atoms with Crippen molar-refractivity contribution in [1.82, 2.24) is 4.98 Å². The van der Waals surface area contributed by atoms with Gasteiger partial charge < -0.3 is 5.11 Å². The van der Waals surface area contributed by atoms with Crippen LogP contribution in [0.5, 0.6) is 0 Å². The van der Waals surface area contributed by atoms with Crippen LogP contribution in [-0.4, -0.2) is 10.1 Å². The van der Waals surface area contributed by atoms with Crippen LogP contribution in [0.15, 0.2) is 6.07 Å². The lowest BCUT2D eigenvalue weighted by Crippen LogP contribution is -2.00. The van der Waals surface area contributed by atoms with Crippen molar-refractivity contribution in [1.29, 1.82) is 0 Å². The van der Waals surface area contributed by atoms with Crippen molar-refractivity contribution in [2.24, 2.45) is 0 Å². The van der Waals surface area contributed by atoms with E-state index in [0.29, 0.717) is 16.5 Å². The maximum absolute atomic E-state index is 12.3. The molecule has 6 heteroatoms. The van der Waals surface area contributed by atoms with Crippen molar-refractivity contribution in [3.8, 4) is 0 Å². The van der Waals surface area contributed by atoms with Gasteiger partial charge in [-0.3, -0.25) is 0 Å². The maximum Gasteiger partial charge on any atom is 0.280 e. The van der Waals surface area contributed by atoms with E-state index >= 15 is 0 Å². The molecule has 0 aliphatic carbocycles. The molecular formula is C8H7BrClF2NO. The zero-order valence-corrected chi connectivity index (χ0v) is 9.32. The second-order valence-corrected chi connectivity index (χ2v) is 3.49. The van der Waals surface area contributed by atoms with Crippen LogP contribution in [0.2, 0.25) is 5.15 Å². The van der Waals surface area contributed by atoms with E-state index in [0.717, 1.165) is 0 Å². The van der Waals surface area contributed by atoms with Gasteiger partial charge in [0, 0.05) is 10.9 Å². The van der Waals surface area contributed by atoms with Gasteiger partial charge in [-0.2, -0.15) is 0 Å². The molecule has 0 saturated heterocycles. The summed E-state index contributed by atoms with van der Waals surface area (Å²) >= 11 is 8.76. The molecule has 1 aromatic rings. The van der Waals surface area contributed by atoms with Gasteiger partial charge in [-0.25, -0.2) is 13.8 Å². The first kappa shape index (κ1) is 11.8. The smallest absolute Gasteiger partial charge is 0.280 e. The molecule has 14 heavy (non-hydrogen) atoms. The number of pyridine rings is 1. The normalized spacial score (nSPS) is 11.0. The van der Waals surface area contributed by atoms with Gasteiger partial charge in [-0.15, -0.1) is 0 Å². The van der Waals surface area contributed by atoms with Gasteiger partial charge in [0.05, 0.1) is 6.61 Å². The molecule has 0 aliphatic heterocycles. The van der Waals surface area contributed by atoms with Crippen molar-refractivity contribution in [2.45, 2.75) is 18.4 Å². The predicted molar refractivity (Wildman–Crippen MR) is 52.8 cm³/mol. The Balaban J connectivity index is 3.24. The summed E-state index contributed by atoms with van der Waals surface area (Å²) in [5.74, 6) is 0. The number of aromatic nitrogens is 1. The monoisotopic (exact) mass is 285 g/mol. The topological polar surface area (TPSA) is 33.1 Å². The molecular weight excluding hydrogens is 279 g/mol. The Morgan fingerprint density at radius 1 is 1.57 bits per heavy atom. The van der Waals surface area contributed by atoms with Gasteiger partial charge in [0.2, 0.25) is 0 Å². The summed E-state index contributed by atoms with van der Waals surface area (Å²) in [4.78, 5) is 3.49. The van der Waals surface area contributed by atoms with Crippen LogP contribution < -0.4 is 0 Å². The first-order valence-corrected chi connectivity index (χ1v) is 5.23. The second kappa shape index (κ2) is 5.00. The van der Waals surface area contributed by atoms with Crippen LogP contribution in [-0.2, 0) is 11.9 Å². The van der Waals surface area contributed by atoms with Crippen molar-refractivity contribution >= 4 is 27.5 Å². The maximum atomic E-state index is 12.3. The van der Waals surface area contributed by atoms with E-state index in [1.807, 2.05) is 0 Å². The molecule has 2 nitrogen and oxygen atoms in total. The van der Waals surface area contributed by atoms with E-state index < -0.39 is 6.43 Å². The Bertz CT molecular complexity index is 335. The summed E-state index contributed by atoms with van der Waals surface area (Å²) in [5.41, 5.74) is 0.539. The number of halogens is 4. The minimum absolute atomic E-state index is 0.0697. The van der Waals surface area contributed by atoms with Crippen molar-refractivity contribution in [3.05, 3.63) is 28.0 Å². The summed E-state index contributed by atoms with van der Waals surface area (Å²) in [6, 6.07) is 1.23. The van der Waals surface area contributed by atoms with Crippen LogP contribution in [0.4, 0.5) is 8.78 Å².